The SMILES string of the molecule is Cn1ncnc1COc1ccc(S(N)(=O)=O)cc1Cl. The topological polar surface area (TPSA) is 100 Å². The van der Waals surface area contributed by atoms with E-state index in [2.05, 4.69) is 10.1 Å². The second-order valence-electron chi connectivity index (χ2n) is 3.73. The van der Waals surface area contributed by atoms with Crippen LogP contribution in [-0.4, -0.2) is 23.2 Å². The van der Waals surface area contributed by atoms with Crippen molar-refractivity contribution in [1.29, 1.82) is 0 Å². The number of hydrogen-bond donors (Lipinski definition) is 1. The molecule has 0 aliphatic carbocycles. The average molecular weight is 303 g/mol. The first kappa shape index (κ1) is 13.8. The van der Waals surface area contributed by atoms with Crippen molar-refractivity contribution < 1.29 is 13.2 Å². The Bertz CT molecular complexity index is 699. The first-order chi connectivity index (χ1) is 8.88. The molecule has 1 aromatic carbocycles. The van der Waals surface area contributed by atoms with Gasteiger partial charge in [0.15, 0.2) is 5.82 Å². The van der Waals surface area contributed by atoms with Crippen LogP contribution >= 0.6 is 11.6 Å². The molecule has 0 saturated heterocycles. The fraction of sp³-hybridized carbons (Fsp3) is 0.200. The number of primary sulfonamides is 1. The Balaban J connectivity index is 2.16. The number of halogens is 1. The van der Waals surface area contributed by atoms with Gasteiger partial charge in [0, 0.05) is 7.05 Å². The van der Waals surface area contributed by atoms with E-state index >= 15 is 0 Å². The van der Waals surface area contributed by atoms with E-state index in [4.69, 9.17) is 21.5 Å². The van der Waals surface area contributed by atoms with E-state index in [-0.39, 0.29) is 16.5 Å². The van der Waals surface area contributed by atoms with Crippen LogP contribution in [0.15, 0.2) is 29.4 Å². The Morgan fingerprint density at radius 1 is 1.47 bits per heavy atom. The molecule has 0 fully saturated rings. The lowest BCUT2D eigenvalue weighted by molar-refractivity contribution is 0.290. The van der Waals surface area contributed by atoms with E-state index in [1.807, 2.05) is 0 Å². The predicted octanol–water partition coefficient (Wildman–Crippen LogP) is 0.695. The maximum Gasteiger partial charge on any atom is 0.238 e. The Morgan fingerprint density at radius 2 is 2.21 bits per heavy atom. The summed E-state index contributed by atoms with van der Waals surface area (Å²) in [6, 6.07) is 4.01. The number of rotatable bonds is 4. The van der Waals surface area contributed by atoms with Crippen molar-refractivity contribution in [3.05, 3.63) is 35.4 Å². The molecular formula is C10H11ClN4O3S. The quantitative estimate of drug-likeness (QED) is 0.896. The number of aryl methyl sites for hydroxylation is 1. The van der Waals surface area contributed by atoms with Crippen LogP contribution in [0.25, 0.3) is 0 Å². The first-order valence-electron chi connectivity index (χ1n) is 5.16. The molecule has 2 N–H and O–H groups in total. The Morgan fingerprint density at radius 3 is 2.74 bits per heavy atom. The molecule has 1 aromatic heterocycles. The summed E-state index contributed by atoms with van der Waals surface area (Å²) in [7, 11) is -2.04. The minimum atomic E-state index is -3.77. The fourth-order valence-corrected chi connectivity index (χ4v) is 2.21. The third kappa shape index (κ3) is 3.22. The lowest BCUT2D eigenvalue weighted by atomic mass is 10.3. The van der Waals surface area contributed by atoms with Crippen molar-refractivity contribution >= 4 is 21.6 Å². The molecule has 0 atom stereocenters. The third-order valence-electron chi connectivity index (χ3n) is 2.39. The van der Waals surface area contributed by atoms with E-state index in [0.717, 1.165) is 0 Å². The zero-order chi connectivity index (χ0) is 14.0. The summed E-state index contributed by atoms with van der Waals surface area (Å²) in [4.78, 5) is 3.92. The van der Waals surface area contributed by atoms with Gasteiger partial charge in [-0.2, -0.15) is 5.10 Å². The van der Waals surface area contributed by atoms with E-state index < -0.39 is 10.0 Å². The van der Waals surface area contributed by atoms with Gasteiger partial charge in [0.25, 0.3) is 0 Å². The highest BCUT2D eigenvalue weighted by Crippen LogP contribution is 2.27. The minimum absolute atomic E-state index is 0.0662. The molecule has 0 aliphatic rings. The van der Waals surface area contributed by atoms with Crippen molar-refractivity contribution in [3.8, 4) is 5.75 Å². The van der Waals surface area contributed by atoms with Gasteiger partial charge in [0.05, 0.1) is 9.92 Å². The summed E-state index contributed by atoms with van der Waals surface area (Å²) in [5.74, 6) is 0.962. The number of nitrogens with zero attached hydrogens (tertiary/aromatic N) is 3. The zero-order valence-electron chi connectivity index (χ0n) is 9.95. The molecule has 0 amide bonds. The zero-order valence-corrected chi connectivity index (χ0v) is 11.5. The van der Waals surface area contributed by atoms with Gasteiger partial charge in [0.1, 0.15) is 18.7 Å². The van der Waals surface area contributed by atoms with Gasteiger partial charge >= 0.3 is 0 Å². The van der Waals surface area contributed by atoms with Crippen LogP contribution in [-0.2, 0) is 23.7 Å². The standard InChI is InChI=1S/C10H11ClN4O3S/c1-15-10(13-6-14-15)5-18-9-3-2-7(4-8(9)11)19(12,16)17/h2-4,6H,5H2,1H3,(H2,12,16,17). The molecule has 19 heavy (non-hydrogen) atoms. The summed E-state index contributed by atoms with van der Waals surface area (Å²) in [6.07, 6.45) is 1.41. The van der Waals surface area contributed by atoms with Crippen LogP contribution in [0.2, 0.25) is 5.02 Å². The van der Waals surface area contributed by atoms with E-state index in [1.165, 1.54) is 24.5 Å². The summed E-state index contributed by atoms with van der Waals surface area (Å²) >= 11 is 5.93. The molecule has 102 valence electrons. The van der Waals surface area contributed by atoms with E-state index in [0.29, 0.717) is 11.6 Å². The second kappa shape index (κ2) is 5.16. The van der Waals surface area contributed by atoms with Crippen LogP contribution in [0.5, 0.6) is 5.75 Å². The van der Waals surface area contributed by atoms with Crippen LogP contribution < -0.4 is 9.88 Å². The summed E-state index contributed by atoms with van der Waals surface area (Å²) in [5.41, 5.74) is 0. The van der Waals surface area contributed by atoms with Gasteiger partial charge in [0.2, 0.25) is 10.0 Å². The van der Waals surface area contributed by atoms with Gasteiger partial charge < -0.3 is 4.74 Å². The number of ether oxygens (including phenoxy) is 1. The average Bonchev–Trinajstić information content (AvgIpc) is 2.72. The monoisotopic (exact) mass is 302 g/mol. The van der Waals surface area contributed by atoms with Crippen molar-refractivity contribution in [2.75, 3.05) is 0 Å². The molecule has 9 heteroatoms. The summed E-state index contributed by atoms with van der Waals surface area (Å²) in [6.45, 7) is 0.172. The summed E-state index contributed by atoms with van der Waals surface area (Å²) in [5, 5.41) is 9.05. The number of hydrogen-bond acceptors (Lipinski definition) is 5. The number of benzene rings is 1. The molecule has 0 saturated carbocycles. The molecule has 7 nitrogen and oxygen atoms in total. The second-order valence-corrected chi connectivity index (χ2v) is 5.69. The Labute approximate surface area is 115 Å². The molecule has 0 aliphatic heterocycles. The number of nitrogens with two attached hydrogens (primary N) is 1. The molecule has 0 bridgehead atoms. The lowest BCUT2D eigenvalue weighted by Crippen LogP contribution is -2.12. The van der Waals surface area contributed by atoms with Crippen molar-refractivity contribution in [3.63, 3.8) is 0 Å². The molecule has 0 unspecified atom stereocenters. The van der Waals surface area contributed by atoms with Gasteiger partial charge in [-0.05, 0) is 18.2 Å². The summed E-state index contributed by atoms with van der Waals surface area (Å²) < 4.78 is 29.3. The molecule has 2 rings (SSSR count). The Kier molecular flexibility index (Phi) is 3.74. The predicted molar refractivity (Wildman–Crippen MR) is 68.2 cm³/mol. The Hall–Kier alpha value is -1.64. The number of aromatic nitrogens is 3. The first-order valence-corrected chi connectivity index (χ1v) is 7.08. The highest BCUT2D eigenvalue weighted by molar-refractivity contribution is 7.89. The van der Waals surface area contributed by atoms with Crippen LogP contribution in [0, 0.1) is 0 Å². The van der Waals surface area contributed by atoms with Gasteiger partial charge in [-0.25, -0.2) is 18.5 Å². The normalized spacial score (nSPS) is 11.5. The molecule has 1 heterocycles. The van der Waals surface area contributed by atoms with Crippen molar-refractivity contribution in [2.24, 2.45) is 12.2 Å². The van der Waals surface area contributed by atoms with Gasteiger partial charge in [-0.1, -0.05) is 11.6 Å². The van der Waals surface area contributed by atoms with Crippen molar-refractivity contribution in [2.45, 2.75) is 11.5 Å². The molecular weight excluding hydrogens is 292 g/mol. The van der Waals surface area contributed by atoms with Crippen molar-refractivity contribution in [1.82, 2.24) is 14.8 Å². The maximum absolute atomic E-state index is 11.1. The lowest BCUT2D eigenvalue weighted by Gasteiger charge is -2.08. The smallest absolute Gasteiger partial charge is 0.238 e. The van der Waals surface area contributed by atoms with Crippen LogP contribution in [0.1, 0.15) is 5.82 Å². The van der Waals surface area contributed by atoms with E-state index in [1.54, 1.807) is 11.7 Å². The fourth-order valence-electron chi connectivity index (χ4n) is 1.37. The largest absolute Gasteiger partial charge is 0.484 e. The van der Waals surface area contributed by atoms with Gasteiger partial charge in [-0.15, -0.1) is 0 Å². The molecule has 2 aromatic rings. The van der Waals surface area contributed by atoms with Crippen LogP contribution in [0.4, 0.5) is 0 Å². The molecule has 0 radical (unpaired) electrons. The minimum Gasteiger partial charge on any atom is -0.484 e. The van der Waals surface area contributed by atoms with Gasteiger partial charge in [-0.3, -0.25) is 4.68 Å². The highest BCUT2D eigenvalue weighted by Gasteiger charge is 2.12. The third-order valence-corrected chi connectivity index (χ3v) is 3.60. The molecule has 0 spiro atoms. The maximum atomic E-state index is 11.1. The highest BCUT2D eigenvalue weighted by atomic mass is 35.5. The van der Waals surface area contributed by atoms with E-state index in [9.17, 15) is 8.42 Å². The van der Waals surface area contributed by atoms with Crippen LogP contribution in [0.3, 0.4) is 0 Å². The number of sulfonamides is 1.